The van der Waals surface area contributed by atoms with Gasteiger partial charge in [-0.25, -0.2) is 0 Å². The van der Waals surface area contributed by atoms with Crippen LogP contribution in [0, 0.1) is 0 Å². The van der Waals surface area contributed by atoms with Crippen molar-refractivity contribution >= 4 is 90.3 Å². The predicted molar refractivity (Wildman–Crippen MR) is 71.6 cm³/mol. The van der Waals surface area contributed by atoms with Gasteiger partial charge in [-0.1, -0.05) is 0 Å². The van der Waals surface area contributed by atoms with E-state index in [-0.39, 0.29) is 76.3 Å². The summed E-state index contributed by atoms with van der Waals surface area (Å²) in [7, 11) is 5.50. The Hall–Kier alpha value is 1.87. The first-order chi connectivity index (χ1) is 6.00. The summed E-state index contributed by atoms with van der Waals surface area (Å²) >= 11 is 8.46. The van der Waals surface area contributed by atoms with Crippen LogP contribution in [0.15, 0.2) is 11.1 Å². The van der Waals surface area contributed by atoms with Crippen molar-refractivity contribution in [2.24, 2.45) is 0 Å². The third-order valence-electron chi connectivity index (χ3n) is 2.26. The summed E-state index contributed by atoms with van der Waals surface area (Å²) in [5.74, 6) is 0.0744. The summed E-state index contributed by atoms with van der Waals surface area (Å²) in [5, 5.41) is 1.56. The van der Waals surface area contributed by atoms with Crippen molar-refractivity contribution in [2.45, 2.75) is 11.3 Å². The third-order valence-corrected chi connectivity index (χ3v) is 3.07. The van der Waals surface area contributed by atoms with Crippen LogP contribution in [-0.2, 0) is 4.79 Å². The van der Waals surface area contributed by atoms with Gasteiger partial charge in [-0.05, 0) is 19.5 Å². The smallest absolute Gasteiger partial charge is 0.245 e. The first kappa shape index (κ1) is 19.2. The minimum Gasteiger partial charge on any atom is -0.316 e. The van der Waals surface area contributed by atoms with E-state index in [4.69, 9.17) is 0 Å². The molecule has 0 spiro atoms. The van der Waals surface area contributed by atoms with E-state index in [0.717, 1.165) is 5.70 Å². The van der Waals surface area contributed by atoms with Crippen molar-refractivity contribution in [1.29, 1.82) is 0 Å². The van der Waals surface area contributed by atoms with Crippen molar-refractivity contribution in [3.05, 3.63) is 11.1 Å². The number of carbonyl (C=O) groups is 1. The number of hydrogen-bond acceptors (Lipinski definition) is 4. The van der Waals surface area contributed by atoms with Gasteiger partial charge in [-0.15, -0.1) is 12.6 Å². The molecule has 1 saturated heterocycles. The Balaban J connectivity index is 0. The van der Waals surface area contributed by atoms with Crippen LogP contribution in [0.4, 0.5) is 0 Å². The first-order valence-electron chi connectivity index (χ1n) is 3.97. The Labute approximate surface area is 146 Å². The fraction of sp³-hybridized carbons (Fsp3) is 0.625. The molecule has 0 aromatic rings. The van der Waals surface area contributed by atoms with Gasteiger partial charge in [0.2, 0.25) is 5.91 Å². The minimum atomic E-state index is -0.174. The van der Waals surface area contributed by atoms with Crippen LogP contribution in [-0.4, -0.2) is 107 Å². The molecule has 2 atom stereocenters. The molecule has 76 valence electrons. The second-order valence-electron chi connectivity index (χ2n) is 3.30. The summed E-state index contributed by atoms with van der Waals surface area (Å²) in [4.78, 5) is 15.2. The molecule has 0 aromatic carbocycles. The summed E-state index contributed by atoms with van der Waals surface area (Å²) in [6.07, 6.45) is 0. The van der Waals surface area contributed by atoms with Crippen molar-refractivity contribution in [2.75, 3.05) is 21.1 Å². The van der Waals surface area contributed by atoms with E-state index >= 15 is 0 Å². The van der Waals surface area contributed by atoms with E-state index in [0.29, 0.717) is 0 Å². The molecule has 1 amide bonds. The van der Waals surface area contributed by atoms with E-state index in [2.05, 4.69) is 25.3 Å². The van der Waals surface area contributed by atoms with E-state index in [1.165, 1.54) is 0 Å². The molecule has 0 aliphatic carbocycles. The Morgan fingerprint density at radius 3 is 2.07 bits per heavy atom. The third kappa shape index (κ3) is 3.93. The van der Waals surface area contributed by atoms with Crippen LogP contribution >= 0.6 is 25.3 Å². The van der Waals surface area contributed by atoms with Gasteiger partial charge >= 0.3 is 0 Å². The van der Waals surface area contributed by atoms with Gasteiger partial charge in [0.05, 0.1) is 5.25 Å². The van der Waals surface area contributed by atoms with Gasteiger partial charge in [0, 0.05) is 71.9 Å². The summed E-state index contributed by atoms with van der Waals surface area (Å²) in [6.45, 7) is 0. The van der Waals surface area contributed by atoms with Gasteiger partial charge in [-0.3, -0.25) is 9.69 Å². The molecular weight excluding hydrogens is 250 g/mol. The summed E-state index contributed by atoms with van der Waals surface area (Å²) < 4.78 is 0. The molecule has 0 aromatic heterocycles. The minimum absolute atomic E-state index is 0. The zero-order valence-electron chi connectivity index (χ0n) is 9.93. The van der Waals surface area contributed by atoms with Crippen LogP contribution in [0.5, 0.6) is 0 Å². The van der Waals surface area contributed by atoms with Gasteiger partial charge < -0.3 is 4.90 Å². The van der Waals surface area contributed by atoms with Crippen molar-refractivity contribution in [3.8, 4) is 0 Å². The fourth-order valence-corrected chi connectivity index (χ4v) is 2.58. The number of hydrogen-bond donors (Lipinski definition) is 2. The van der Waals surface area contributed by atoms with E-state index in [1.54, 1.807) is 17.4 Å². The van der Waals surface area contributed by atoms with Crippen molar-refractivity contribution in [1.82, 2.24) is 9.80 Å². The van der Waals surface area contributed by atoms with Crippen LogP contribution < -0.4 is 0 Å². The molecule has 3 nitrogen and oxygen atoms in total. The number of rotatable bonds is 1. The molecule has 1 heterocycles. The Morgan fingerprint density at radius 2 is 1.87 bits per heavy atom. The number of likely N-dealkylation sites (N-methyl/N-ethyl adjacent to an activating group) is 2. The molecule has 1 rings (SSSR count). The van der Waals surface area contributed by atoms with Gasteiger partial charge in [0.15, 0.2) is 0 Å². The van der Waals surface area contributed by atoms with Crippen LogP contribution in [0.25, 0.3) is 0 Å². The first-order valence-corrected chi connectivity index (χ1v) is 5.00. The fourth-order valence-electron chi connectivity index (χ4n) is 1.49. The zero-order valence-corrected chi connectivity index (χ0v) is 15.7. The predicted octanol–water partition coefficient (Wildman–Crippen LogP) is -0.303. The summed E-state index contributed by atoms with van der Waals surface area (Å²) in [6, 6.07) is -0.174. The van der Waals surface area contributed by atoms with E-state index in [9.17, 15) is 4.79 Å². The topological polar surface area (TPSA) is 23.6 Å². The number of thiol groups is 2. The van der Waals surface area contributed by atoms with Crippen LogP contribution in [0.3, 0.4) is 0 Å². The molecule has 7 heteroatoms. The molecule has 1 aliphatic heterocycles. The molecular formula is C8H14N2Na2OS2. The largest absolute Gasteiger partial charge is 0.316 e. The number of nitrogens with zero attached hydrogens (tertiary/aromatic N) is 2. The van der Waals surface area contributed by atoms with Gasteiger partial charge in [0.25, 0.3) is 0 Å². The quantitative estimate of drug-likeness (QED) is 0.502. The van der Waals surface area contributed by atoms with Crippen LogP contribution in [0.2, 0.25) is 0 Å². The molecule has 2 radical (unpaired) electrons. The standard InChI is InChI=1S/C8H14N2OS2.2Na/c1-9(2)6-7(13)5(4-12)10(3)8(6)11;;/h4,6-7,12-13H,1-3H3;;. The Bertz CT molecular complexity index is 261. The van der Waals surface area contributed by atoms with Crippen molar-refractivity contribution in [3.63, 3.8) is 0 Å². The molecule has 1 fully saturated rings. The molecule has 0 N–H and O–H groups in total. The zero-order chi connectivity index (χ0) is 10.2. The van der Waals surface area contributed by atoms with Crippen molar-refractivity contribution < 1.29 is 4.79 Å². The maximum atomic E-state index is 11.7. The molecule has 0 saturated carbocycles. The Kier molecular flexibility index (Phi) is 10.3. The number of amides is 1. The second-order valence-corrected chi connectivity index (χ2v) is 4.12. The monoisotopic (exact) mass is 264 g/mol. The molecule has 0 bridgehead atoms. The average molecular weight is 264 g/mol. The molecule has 15 heavy (non-hydrogen) atoms. The summed E-state index contributed by atoms with van der Waals surface area (Å²) in [5.41, 5.74) is 0.857. The second kappa shape index (κ2) is 8.06. The average Bonchev–Trinajstić information content (AvgIpc) is 2.24. The van der Waals surface area contributed by atoms with Gasteiger partial charge in [-0.2, -0.15) is 12.6 Å². The van der Waals surface area contributed by atoms with E-state index < -0.39 is 0 Å². The van der Waals surface area contributed by atoms with Gasteiger partial charge in [0.1, 0.15) is 6.04 Å². The van der Waals surface area contributed by atoms with Crippen LogP contribution in [0.1, 0.15) is 0 Å². The normalized spacial score (nSPS) is 28.0. The maximum absolute atomic E-state index is 11.7. The number of carbonyl (C=O) groups excluding carboxylic acids is 1. The number of likely N-dealkylation sites (tertiary alicyclic amines) is 1. The molecule has 2 unspecified atom stereocenters. The SMILES string of the molecule is CN1C(=O)C(N(C)C)C(S)C1=CS.[Na].[Na]. The van der Waals surface area contributed by atoms with E-state index in [1.807, 2.05) is 19.0 Å². The maximum Gasteiger partial charge on any atom is 0.245 e. The molecule has 1 aliphatic rings. The Morgan fingerprint density at radius 1 is 1.40 bits per heavy atom.